The zero-order valence-corrected chi connectivity index (χ0v) is 19.0. The van der Waals surface area contributed by atoms with Crippen molar-refractivity contribution in [2.24, 2.45) is 11.8 Å². The van der Waals surface area contributed by atoms with Crippen LogP contribution in [0.5, 0.6) is 0 Å². The maximum Gasteiger partial charge on any atom is 0.222 e. The summed E-state index contributed by atoms with van der Waals surface area (Å²) in [5, 5.41) is 13.5. The van der Waals surface area contributed by atoms with E-state index in [1.54, 1.807) is 0 Å². The predicted molar refractivity (Wildman–Crippen MR) is 118 cm³/mol. The number of carbonyl (C=O) groups is 1. The average molecular weight is 439 g/mol. The molecule has 0 radical (unpaired) electrons. The lowest BCUT2D eigenvalue weighted by Gasteiger charge is -2.45. The number of hydrogen-bond donors (Lipinski definition) is 2. The maximum absolute atomic E-state index is 12.5. The van der Waals surface area contributed by atoms with E-state index in [1.807, 2.05) is 0 Å². The van der Waals surface area contributed by atoms with Crippen LogP contribution in [0.2, 0.25) is 0 Å². The third-order valence-corrected chi connectivity index (χ3v) is 7.65. The molecule has 31 heavy (non-hydrogen) atoms. The van der Waals surface area contributed by atoms with Crippen LogP contribution < -0.4 is 5.32 Å². The van der Waals surface area contributed by atoms with Crippen LogP contribution in [0.15, 0.2) is 0 Å². The van der Waals surface area contributed by atoms with Gasteiger partial charge >= 0.3 is 0 Å². The molecule has 178 valence electrons. The number of aliphatic hydroxyl groups is 1. The molecule has 1 aliphatic carbocycles. The zero-order chi connectivity index (χ0) is 21.5. The number of nitrogens with one attached hydrogen (secondary N) is 1. The first-order valence-electron chi connectivity index (χ1n) is 12.7. The summed E-state index contributed by atoms with van der Waals surface area (Å²) in [5.74, 6) is 1.39. The molecular formula is C24H42N2O5. The van der Waals surface area contributed by atoms with E-state index < -0.39 is 6.10 Å². The smallest absolute Gasteiger partial charge is 0.222 e. The quantitative estimate of drug-likeness (QED) is 0.661. The van der Waals surface area contributed by atoms with Crippen molar-refractivity contribution in [1.29, 1.82) is 0 Å². The Morgan fingerprint density at radius 1 is 0.935 bits per heavy atom. The normalized spacial score (nSPS) is 34.5. The molecule has 3 saturated heterocycles. The van der Waals surface area contributed by atoms with Gasteiger partial charge in [-0.25, -0.2) is 0 Å². The highest BCUT2D eigenvalue weighted by Crippen LogP contribution is 2.29. The largest absolute Gasteiger partial charge is 0.389 e. The molecule has 0 bridgehead atoms. The van der Waals surface area contributed by atoms with E-state index in [2.05, 4.69) is 10.2 Å². The number of aliphatic hydroxyl groups excluding tert-OH is 1. The van der Waals surface area contributed by atoms with Gasteiger partial charge in [0.1, 0.15) is 0 Å². The van der Waals surface area contributed by atoms with Gasteiger partial charge in [0.05, 0.1) is 37.9 Å². The molecule has 3 heterocycles. The molecule has 7 heteroatoms. The van der Waals surface area contributed by atoms with Gasteiger partial charge in [-0.15, -0.1) is 0 Å². The fourth-order valence-electron chi connectivity index (χ4n) is 5.84. The topological polar surface area (TPSA) is 80.3 Å². The second kappa shape index (κ2) is 11.9. The first-order chi connectivity index (χ1) is 15.2. The van der Waals surface area contributed by atoms with Crippen molar-refractivity contribution in [3.8, 4) is 0 Å². The number of hydrogen-bond acceptors (Lipinski definition) is 6. The lowest BCUT2D eigenvalue weighted by Crippen LogP contribution is -2.57. The van der Waals surface area contributed by atoms with Gasteiger partial charge in [-0.05, 0) is 50.4 Å². The molecule has 0 unspecified atom stereocenters. The molecular weight excluding hydrogens is 396 g/mol. The number of β-amino-alcohol motifs (C(OH)–C–C–N with tert-alkyl or cyclic N) is 1. The Kier molecular flexibility index (Phi) is 9.02. The number of rotatable bonds is 6. The lowest BCUT2D eigenvalue weighted by atomic mass is 9.89. The summed E-state index contributed by atoms with van der Waals surface area (Å²) in [4.78, 5) is 15.0. The average Bonchev–Trinajstić information content (AvgIpc) is 2.78. The number of fused-ring (bicyclic) bond motifs is 1. The minimum absolute atomic E-state index is 0.0303. The van der Waals surface area contributed by atoms with Gasteiger partial charge in [0.2, 0.25) is 5.91 Å². The van der Waals surface area contributed by atoms with Crippen molar-refractivity contribution < 1.29 is 24.1 Å². The Morgan fingerprint density at radius 2 is 1.74 bits per heavy atom. The molecule has 1 amide bonds. The highest BCUT2D eigenvalue weighted by atomic mass is 16.5. The highest BCUT2D eigenvalue weighted by molar-refractivity contribution is 5.76. The van der Waals surface area contributed by atoms with Crippen LogP contribution in [-0.2, 0) is 19.0 Å². The van der Waals surface area contributed by atoms with E-state index in [1.165, 1.54) is 32.1 Å². The molecule has 3 aliphatic heterocycles. The Labute approximate surface area is 187 Å². The summed E-state index contributed by atoms with van der Waals surface area (Å²) in [5.41, 5.74) is 0. The highest BCUT2D eigenvalue weighted by Gasteiger charge is 2.38. The van der Waals surface area contributed by atoms with Crippen molar-refractivity contribution in [2.75, 3.05) is 46.1 Å². The van der Waals surface area contributed by atoms with Crippen LogP contribution in [0.1, 0.15) is 64.2 Å². The fraction of sp³-hybridized carbons (Fsp3) is 0.958. The van der Waals surface area contributed by atoms with Crippen molar-refractivity contribution in [3.63, 3.8) is 0 Å². The molecule has 0 aromatic heterocycles. The summed E-state index contributed by atoms with van der Waals surface area (Å²) < 4.78 is 17.7. The molecule has 4 fully saturated rings. The van der Waals surface area contributed by atoms with Crippen LogP contribution in [0.4, 0.5) is 0 Å². The third kappa shape index (κ3) is 7.13. The number of nitrogens with zero attached hydrogens (tertiary/aromatic N) is 1. The molecule has 2 N–H and O–H groups in total. The number of ether oxygens (including phenoxy) is 3. The number of carbonyl (C=O) groups excluding carboxylic acids is 1. The van der Waals surface area contributed by atoms with Gasteiger partial charge in [-0.2, -0.15) is 0 Å². The first-order valence-corrected chi connectivity index (χ1v) is 12.7. The molecule has 4 rings (SSSR count). The Morgan fingerprint density at radius 3 is 2.55 bits per heavy atom. The van der Waals surface area contributed by atoms with E-state index in [-0.39, 0.29) is 24.2 Å². The van der Waals surface area contributed by atoms with Crippen molar-refractivity contribution in [1.82, 2.24) is 10.2 Å². The maximum atomic E-state index is 12.5. The minimum atomic E-state index is -0.455. The number of amides is 1. The Bertz CT molecular complexity index is 550. The van der Waals surface area contributed by atoms with Crippen LogP contribution in [-0.4, -0.2) is 86.3 Å². The van der Waals surface area contributed by atoms with Gasteiger partial charge in [-0.1, -0.05) is 19.3 Å². The molecule has 0 aromatic rings. The fourth-order valence-corrected chi connectivity index (χ4v) is 5.84. The van der Waals surface area contributed by atoms with Crippen molar-refractivity contribution in [2.45, 2.75) is 88.6 Å². The third-order valence-electron chi connectivity index (χ3n) is 7.65. The van der Waals surface area contributed by atoms with E-state index >= 15 is 0 Å². The second-order valence-corrected chi connectivity index (χ2v) is 10.2. The molecule has 0 aromatic carbocycles. The van der Waals surface area contributed by atoms with Crippen molar-refractivity contribution in [3.05, 3.63) is 0 Å². The summed E-state index contributed by atoms with van der Waals surface area (Å²) in [6.07, 6.45) is 10.4. The lowest BCUT2D eigenvalue weighted by molar-refractivity contribution is -0.159. The van der Waals surface area contributed by atoms with Crippen LogP contribution in [0.25, 0.3) is 0 Å². The van der Waals surface area contributed by atoms with E-state index in [9.17, 15) is 9.90 Å². The summed E-state index contributed by atoms with van der Waals surface area (Å²) in [6.45, 7) is 4.96. The molecule has 1 saturated carbocycles. The summed E-state index contributed by atoms with van der Waals surface area (Å²) >= 11 is 0. The predicted octanol–water partition coefficient (Wildman–Crippen LogP) is 2.11. The van der Waals surface area contributed by atoms with Crippen LogP contribution in [0.3, 0.4) is 0 Å². The van der Waals surface area contributed by atoms with E-state index in [0.717, 1.165) is 52.0 Å². The molecule has 4 aliphatic rings. The van der Waals surface area contributed by atoms with Crippen LogP contribution >= 0.6 is 0 Å². The van der Waals surface area contributed by atoms with Gasteiger partial charge in [0, 0.05) is 38.9 Å². The monoisotopic (exact) mass is 438 g/mol. The van der Waals surface area contributed by atoms with Gasteiger partial charge in [0.15, 0.2) is 0 Å². The second-order valence-electron chi connectivity index (χ2n) is 10.2. The Balaban J connectivity index is 1.27. The van der Waals surface area contributed by atoms with Gasteiger partial charge < -0.3 is 24.6 Å². The van der Waals surface area contributed by atoms with Crippen LogP contribution in [0, 0.1) is 11.8 Å². The van der Waals surface area contributed by atoms with Crippen molar-refractivity contribution >= 4 is 5.91 Å². The van der Waals surface area contributed by atoms with E-state index in [0.29, 0.717) is 38.0 Å². The minimum Gasteiger partial charge on any atom is -0.389 e. The summed E-state index contributed by atoms with van der Waals surface area (Å²) in [7, 11) is 0. The SMILES string of the molecule is O=C(C[C@H]1CC[C@@H]2[C@H](COC[C@@H](O)CN2CC2CCOCC2)O1)NCC1CCCCC1. The summed E-state index contributed by atoms with van der Waals surface area (Å²) in [6, 6.07) is 0.249. The standard InChI is InChI=1S/C24H42N2O5/c27-20-15-26(14-19-8-10-29-11-9-19)22-7-6-21(31-23(22)17-30-16-20)12-24(28)25-13-18-4-2-1-3-5-18/h18-23,27H,1-17H2,(H,25,28)/t20-,21+,22+,23-/m0/s1. The molecule has 4 atom stereocenters. The zero-order valence-electron chi connectivity index (χ0n) is 19.0. The van der Waals surface area contributed by atoms with E-state index in [4.69, 9.17) is 14.2 Å². The van der Waals surface area contributed by atoms with Gasteiger partial charge in [0.25, 0.3) is 0 Å². The molecule has 0 spiro atoms. The molecule has 7 nitrogen and oxygen atoms in total. The first kappa shape index (κ1) is 23.4. The van der Waals surface area contributed by atoms with Gasteiger partial charge in [-0.3, -0.25) is 9.69 Å². The Hall–Kier alpha value is -0.730.